The Morgan fingerprint density at radius 2 is 1.71 bits per heavy atom. The van der Waals surface area contributed by atoms with E-state index in [0.717, 1.165) is 12.1 Å². The summed E-state index contributed by atoms with van der Waals surface area (Å²) in [4.78, 5) is 27.2. The lowest BCUT2D eigenvalue weighted by Gasteiger charge is -2.37. The first-order valence-corrected chi connectivity index (χ1v) is 6.89. The molecule has 1 saturated heterocycles. The third-order valence-corrected chi connectivity index (χ3v) is 3.89. The van der Waals surface area contributed by atoms with E-state index in [2.05, 4.69) is 0 Å². The van der Waals surface area contributed by atoms with Gasteiger partial charge in [-0.05, 0) is 25.1 Å². The van der Waals surface area contributed by atoms with Crippen molar-refractivity contribution < 1.29 is 18.4 Å². The number of hydrogen-bond acceptors (Lipinski definition) is 3. The standard InChI is InChI=1S/C15H18F2N2O2/c1-10(18-5-7-19(8-6-18)11(2)20)15(21)12-3-4-13(16)14(17)9-12/h3-4,9-10H,5-8H2,1-2H3. The fourth-order valence-corrected chi connectivity index (χ4v) is 2.48. The molecule has 0 N–H and O–H groups in total. The highest BCUT2D eigenvalue weighted by Gasteiger charge is 2.27. The van der Waals surface area contributed by atoms with Crippen LogP contribution in [0.2, 0.25) is 0 Å². The Morgan fingerprint density at radius 1 is 1.10 bits per heavy atom. The summed E-state index contributed by atoms with van der Waals surface area (Å²) < 4.78 is 26.1. The van der Waals surface area contributed by atoms with Gasteiger partial charge in [0.1, 0.15) is 0 Å². The van der Waals surface area contributed by atoms with Gasteiger partial charge >= 0.3 is 0 Å². The van der Waals surface area contributed by atoms with Crippen LogP contribution >= 0.6 is 0 Å². The zero-order valence-corrected chi connectivity index (χ0v) is 12.1. The first-order valence-electron chi connectivity index (χ1n) is 6.89. The van der Waals surface area contributed by atoms with Crippen molar-refractivity contribution in [3.8, 4) is 0 Å². The molecule has 1 aromatic rings. The van der Waals surface area contributed by atoms with Gasteiger partial charge in [-0.15, -0.1) is 0 Å². The van der Waals surface area contributed by atoms with Crippen molar-refractivity contribution in [1.29, 1.82) is 0 Å². The molecule has 1 fully saturated rings. The SMILES string of the molecule is CC(=O)N1CCN(C(C)C(=O)c2ccc(F)c(F)c2)CC1. The van der Waals surface area contributed by atoms with Crippen LogP contribution in [-0.2, 0) is 4.79 Å². The van der Waals surface area contributed by atoms with Crippen molar-refractivity contribution in [2.75, 3.05) is 26.2 Å². The summed E-state index contributed by atoms with van der Waals surface area (Å²) in [5.41, 5.74) is 0.162. The van der Waals surface area contributed by atoms with Crippen LogP contribution in [-0.4, -0.2) is 53.7 Å². The van der Waals surface area contributed by atoms with E-state index in [9.17, 15) is 18.4 Å². The Kier molecular flexibility index (Phi) is 4.67. The maximum absolute atomic E-state index is 13.2. The van der Waals surface area contributed by atoms with E-state index in [4.69, 9.17) is 0 Å². The van der Waals surface area contributed by atoms with Gasteiger partial charge in [0, 0.05) is 38.7 Å². The van der Waals surface area contributed by atoms with Crippen molar-refractivity contribution in [1.82, 2.24) is 9.80 Å². The molecule has 1 amide bonds. The average molecular weight is 296 g/mol. The Balaban J connectivity index is 2.03. The van der Waals surface area contributed by atoms with Gasteiger partial charge in [0.15, 0.2) is 17.4 Å². The predicted octanol–water partition coefficient (Wildman–Crippen LogP) is 1.70. The topological polar surface area (TPSA) is 40.6 Å². The van der Waals surface area contributed by atoms with Crippen molar-refractivity contribution in [3.05, 3.63) is 35.4 Å². The second-order valence-electron chi connectivity index (χ2n) is 5.21. The first kappa shape index (κ1) is 15.6. The zero-order chi connectivity index (χ0) is 15.6. The van der Waals surface area contributed by atoms with Gasteiger partial charge < -0.3 is 4.90 Å². The number of Topliss-reactive ketones (excluding diaryl/α,β-unsaturated/α-hetero) is 1. The Bertz CT molecular complexity index is 555. The largest absolute Gasteiger partial charge is 0.340 e. The second kappa shape index (κ2) is 6.30. The van der Waals surface area contributed by atoms with Gasteiger partial charge in [0.25, 0.3) is 0 Å². The number of carbonyl (C=O) groups excluding carboxylic acids is 2. The Hall–Kier alpha value is -1.82. The molecule has 1 heterocycles. The molecule has 0 aromatic heterocycles. The van der Waals surface area contributed by atoms with Crippen molar-refractivity contribution >= 4 is 11.7 Å². The van der Waals surface area contributed by atoms with Crippen molar-refractivity contribution in [2.45, 2.75) is 19.9 Å². The van der Waals surface area contributed by atoms with E-state index in [1.54, 1.807) is 11.8 Å². The molecular formula is C15H18F2N2O2. The molecule has 1 atom stereocenters. The van der Waals surface area contributed by atoms with Crippen LogP contribution in [0, 0.1) is 11.6 Å². The van der Waals surface area contributed by atoms with E-state index in [1.807, 2.05) is 4.90 Å². The third kappa shape index (κ3) is 3.44. The molecule has 21 heavy (non-hydrogen) atoms. The molecule has 0 saturated carbocycles. The van der Waals surface area contributed by atoms with Gasteiger partial charge in [0.2, 0.25) is 5.91 Å². The lowest BCUT2D eigenvalue weighted by atomic mass is 10.0. The molecule has 1 aliphatic heterocycles. The number of ketones is 1. The number of rotatable bonds is 3. The molecule has 6 heteroatoms. The number of amides is 1. The molecule has 114 valence electrons. The number of carbonyl (C=O) groups is 2. The number of piperazine rings is 1. The van der Waals surface area contributed by atoms with Crippen LogP contribution in [0.4, 0.5) is 8.78 Å². The molecule has 0 aliphatic carbocycles. The lowest BCUT2D eigenvalue weighted by molar-refractivity contribution is -0.130. The molecule has 2 rings (SSSR count). The highest BCUT2D eigenvalue weighted by atomic mass is 19.2. The highest BCUT2D eigenvalue weighted by molar-refractivity contribution is 5.99. The van der Waals surface area contributed by atoms with Crippen LogP contribution < -0.4 is 0 Å². The monoisotopic (exact) mass is 296 g/mol. The van der Waals surface area contributed by atoms with Crippen LogP contribution in [0.15, 0.2) is 18.2 Å². The van der Waals surface area contributed by atoms with Gasteiger partial charge in [-0.1, -0.05) is 0 Å². The van der Waals surface area contributed by atoms with Crippen LogP contribution in [0.1, 0.15) is 24.2 Å². The molecular weight excluding hydrogens is 278 g/mol. The predicted molar refractivity (Wildman–Crippen MR) is 74.0 cm³/mol. The number of nitrogens with zero attached hydrogens (tertiary/aromatic N) is 2. The molecule has 0 spiro atoms. The van der Waals surface area contributed by atoms with Gasteiger partial charge in [-0.3, -0.25) is 14.5 Å². The first-order chi connectivity index (χ1) is 9.90. The summed E-state index contributed by atoms with van der Waals surface area (Å²) in [6.45, 7) is 5.60. The summed E-state index contributed by atoms with van der Waals surface area (Å²) in [6, 6.07) is 2.76. The number of halogens is 2. The minimum absolute atomic E-state index is 0.0224. The zero-order valence-electron chi connectivity index (χ0n) is 12.1. The van der Waals surface area contributed by atoms with Gasteiger partial charge in [0.05, 0.1) is 6.04 Å². The van der Waals surface area contributed by atoms with E-state index in [-0.39, 0.29) is 17.3 Å². The maximum Gasteiger partial charge on any atom is 0.219 e. The van der Waals surface area contributed by atoms with E-state index >= 15 is 0 Å². The van der Waals surface area contributed by atoms with Crippen molar-refractivity contribution in [2.24, 2.45) is 0 Å². The lowest BCUT2D eigenvalue weighted by Crippen LogP contribution is -2.52. The number of hydrogen-bond donors (Lipinski definition) is 0. The molecule has 0 bridgehead atoms. The summed E-state index contributed by atoms with van der Waals surface area (Å²) >= 11 is 0. The fraction of sp³-hybridized carbons (Fsp3) is 0.467. The van der Waals surface area contributed by atoms with Gasteiger partial charge in [-0.2, -0.15) is 0 Å². The summed E-state index contributed by atoms with van der Waals surface area (Å²) in [5, 5.41) is 0. The van der Waals surface area contributed by atoms with Crippen LogP contribution in [0.3, 0.4) is 0 Å². The van der Waals surface area contributed by atoms with E-state index in [1.165, 1.54) is 13.0 Å². The molecule has 1 aliphatic rings. The van der Waals surface area contributed by atoms with E-state index in [0.29, 0.717) is 26.2 Å². The van der Waals surface area contributed by atoms with E-state index < -0.39 is 17.7 Å². The minimum Gasteiger partial charge on any atom is -0.340 e. The molecule has 1 unspecified atom stereocenters. The maximum atomic E-state index is 13.2. The normalized spacial score (nSPS) is 17.6. The molecule has 1 aromatic carbocycles. The summed E-state index contributed by atoms with van der Waals surface area (Å²) in [7, 11) is 0. The molecule has 0 radical (unpaired) electrons. The smallest absolute Gasteiger partial charge is 0.219 e. The number of benzene rings is 1. The quantitative estimate of drug-likeness (QED) is 0.797. The third-order valence-electron chi connectivity index (χ3n) is 3.89. The van der Waals surface area contributed by atoms with Crippen molar-refractivity contribution in [3.63, 3.8) is 0 Å². The second-order valence-corrected chi connectivity index (χ2v) is 5.21. The fourth-order valence-electron chi connectivity index (χ4n) is 2.48. The van der Waals surface area contributed by atoms with Crippen LogP contribution in [0.5, 0.6) is 0 Å². The Labute approximate surface area is 122 Å². The molecule has 4 nitrogen and oxygen atoms in total. The summed E-state index contributed by atoms with van der Waals surface area (Å²) in [6.07, 6.45) is 0. The minimum atomic E-state index is -1.02. The Morgan fingerprint density at radius 3 is 2.24 bits per heavy atom. The summed E-state index contributed by atoms with van der Waals surface area (Å²) in [5.74, 6) is -2.21. The highest BCUT2D eigenvalue weighted by Crippen LogP contribution is 2.15. The van der Waals surface area contributed by atoms with Gasteiger partial charge in [-0.25, -0.2) is 8.78 Å². The average Bonchev–Trinajstić information content (AvgIpc) is 2.48. The van der Waals surface area contributed by atoms with Crippen LogP contribution in [0.25, 0.3) is 0 Å².